The number of esters is 1. The number of H-pyrrole nitrogens is 1. The number of methoxy groups -OCH3 is 1. The summed E-state index contributed by atoms with van der Waals surface area (Å²) >= 11 is 0. The minimum absolute atomic E-state index is 0.0303. The van der Waals surface area contributed by atoms with Crippen molar-refractivity contribution < 1.29 is 39.2 Å². The number of phenolic OH excluding ortho intramolecular Hbond substituents is 3. The number of aromatic hydroxyl groups is 3. The van der Waals surface area contributed by atoms with Crippen LogP contribution in [0.5, 0.6) is 23.0 Å². The second-order valence-electron chi connectivity index (χ2n) is 20.5. The molecule has 10 rings (SSSR count). The molecule has 5 aromatic rings. The SMILES string of the molecule is COc1cc(C2CC(=O)CC(OC(C)=O)CCC34Cc5c[nH]cc5C(C#CCC3=CC=CC4C)C(c3cccc(O)c3)C3=CCNC(=C3)N(CCC(=O)C3CCCC3)c3cccc4cn2cc34)cc(O)c1O. The Balaban J connectivity index is 1.18. The lowest BCUT2D eigenvalue weighted by Crippen LogP contribution is -2.36. The first kappa shape index (κ1) is 48.2. The summed E-state index contributed by atoms with van der Waals surface area (Å²) < 4.78 is 13.5. The third-order valence-electron chi connectivity index (χ3n) is 16.1. The molecule has 1 saturated carbocycles. The maximum absolute atomic E-state index is 14.8. The molecule has 72 heavy (non-hydrogen) atoms. The third-order valence-corrected chi connectivity index (χ3v) is 16.1. The smallest absolute Gasteiger partial charge is 0.302 e. The van der Waals surface area contributed by atoms with Crippen LogP contribution in [0.15, 0.2) is 127 Å². The van der Waals surface area contributed by atoms with Gasteiger partial charge in [-0.3, -0.25) is 14.4 Å². The summed E-state index contributed by atoms with van der Waals surface area (Å²) in [6, 6.07) is 16.0. The number of hydrogen-bond acceptors (Lipinski definition) is 10. The fraction of sp³-hybridized carbons (Fsp3) is 0.383. The van der Waals surface area contributed by atoms with Gasteiger partial charge in [0.25, 0.3) is 0 Å². The molecule has 3 aliphatic carbocycles. The number of dihydropyridines is 1. The molecule has 6 bridgehead atoms. The number of ether oxygens (including phenoxy) is 2. The summed E-state index contributed by atoms with van der Waals surface area (Å²) in [5, 5.41) is 38.4. The number of anilines is 1. The Morgan fingerprint density at radius 3 is 2.61 bits per heavy atom. The normalized spacial score (nSPS) is 24.5. The Kier molecular flexibility index (Phi) is 13.7. The van der Waals surface area contributed by atoms with E-state index in [1.807, 2.05) is 41.2 Å². The average Bonchev–Trinajstić information content (AvgIpc) is 4.17. The number of ketones is 2. The van der Waals surface area contributed by atoms with Crippen LogP contribution in [0.25, 0.3) is 10.8 Å². The topological polar surface area (TPSA) is 166 Å². The molecule has 1 spiro atoms. The van der Waals surface area contributed by atoms with Crippen molar-refractivity contribution in [2.24, 2.45) is 17.3 Å². The summed E-state index contributed by atoms with van der Waals surface area (Å²) in [6.45, 7) is 4.52. The molecular formula is C60H64N4O8. The van der Waals surface area contributed by atoms with Gasteiger partial charge >= 0.3 is 5.97 Å². The molecule has 4 heterocycles. The predicted molar refractivity (Wildman–Crippen MR) is 278 cm³/mol. The highest BCUT2D eigenvalue weighted by atomic mass is 16.5. The first-order chi connectivity index (χ1) is 34.9. The van der Waals surface area contributed by atoms with Crippen molar-refractivity contribution >= 4 is 34.0 Å². The van der Waals surface area contributed by atoms with Crippen molar-refractivity contribution in [3.8, 4) is 34.8 Å². The first-order valence-electron chi connectivity index (χ1n) is 25.5. The minimum atomic E-state index is -0.726. The molecule has 12 heteroatoms. The van der Waals surface area contributed by atoms with E-state index in [0.29, 0.717) is 50.8 Å². The maximum atomic E-state index is 14.8. The number of fused-ring (bicyclic) bond motifs is 2. The third kappa shape index (κ3) is 9.57. The second kappa shape index (κ2) is 20.4. The van der Waals surface area contributed by atoms with Gasteiger partial charge in [0.05, 0.1) is 24.8 Å². The van der Waals surface area contributed by atoms with Gasteiger partial charge in [-0.05, 0) is 102 Å². The predicted octanol–water partition coefficient (Wildman–Crippen LogP) is 10.7. The van der Waals surface area contributed by atoms with Gasteiger partial charge in [0.2, 0.25) is 5.75 Å². The van der Waals surface area contributed by atoms with Crippen LogP contribution in [0.4, 0.5) is 5.69 Å². The number of rotatable bonds is 8. The van der Waals surface area contributed by atoms with Crippen molar-refractivity contribution in [1.29, 1.82) is 0 Å². The van der Waals surface area contributed by atoms with Crippen LogP contribution in [0.3, 0.4) is 0 Å². The largest absolute Gasteiger partial charge is 0.508 e. The fourth-order valence-corrected chi connectivity index (χ4v) is 12.4. The number of phenols is 3. The number of allylic oxidation sites excluding steroid dienone is 6. The number of nitrogens with zero attached hydrogens (tertiary/aromatic N) is 2. The molecule has 0 amide bonds. The zero-order valence-electron chi connectivity index (χ0n) is 41.3. The number of carbonyl (C=O) groups is 3. The van der Waals surface area contributed by atoms with E-state index < -0.39 is 29.3 Å². The van der Waals surface area contributed by atoms with Gasteiger partial charge in [0.15, 0.2) is 11.5 Å². The van der Waals surface area contributed by atoms with Gasteiger partial charge in [-0.2, -0.15) is 0 Å². The molecule has 5 N–H and O–H groups in total. The number of aromatic amines is 1. The van der Waals surface area contributed by atoms with Crippen LogP contribution in [-0.2, 0) is 25.5 Å². The molecule has 372 valence electrons. The van der Waals surface area contributed by atoms with Crippen molar-refractivity contribution in [1.82, 2.24) is 14.9 Å². The van der Waals surface area contributed by atoms with Crippen molar-refractivity contribution in [2.75, 3.05) is 25.1 Å². The van der Waals surface area contributed by atoms with E-state index in [0.717, 1.165) is 70.2 Å². The van der Waals surface area contributed by atoms with Gasteiger partial charge in [-0.25, -0.2) is 0 Å². The Labute approximate surface area is 421 Å². The molecule has 6 unspecified atom stereocenters. The molecule has 12 nitrogen and oxygen atoms in total. The summed E-state index contributed by atoms with van der Waals surface area (Å²) in [6.07, 6.45) is 24.8. The molecule has 1 fully saturated rings. The van der Waals surface area contributed by atoms with E-state index in [1.54, 1.807) is 12.1 Å². The number of nitrogens with one attached hydrogen (secondary N) is 2. The summed E-state index contributed by atoms with van der Waals surface area (Å²) in [4.78, 5) is 47.3. The van der Waals surface area contributed by atoms with E-state index in [4.69, 9.17) is 9.47 Å². The monoisotopic (exact) mass is 968 g/mol. The van der Waals surface area contributed by atoms with Crippen molar-refractivity contribution in [3.05, 3.63) is 149 Å². The summed E-state index contributed by atoms with van der Waals surface area (Å²) in [5.74, 6) is 6.84. The minimum Gasteiger partial charge on any atom is -0.508 e. The Morgan fingerprint density at radius 1 is 0.972 bits per heavy atom. The van der Waals surface area contributed by atoms with E-state index in [1.165, 1.54) is 25.7 Å². The van der Waals surface area contributed by atoms with Crippen LogP contribution in [0, 0.1) is 29.1 Å². The van der Waals surface area contributed by atoms with Crippen LogP contribution in [-0.4, -0.2) is 68.7 Å². The van der Waals surface area contributed by atoms with Crippen molar-refractivity contribution in [3.63, 3.8) is 0 Å². The molecule has 2 aliphatic heterocycles. The van der Waals surface area contributed by atoms with Gasteiger partial charge < -0.3 is 44.6 Å². The quantitative estimate of drug-likeness (QED) is 0.0574. The molecule has 6 atom stereocenters. The number of benzene rings is 3. The van der Waals surface area contributed by atoms with Crippen LogP contribution in [0.1, 0.15) is 118 Å². The first-order valence-corrected chi connectivity index (χ1v) is 25.5. The number of carbonyl (C=O) groups excluding carboxylic acids is 3. The maximum Gasteiger partial charge on any atom is 0.302 e. The molecule has 0 radical (unpaired) electrons. The Bertz CT molecular complexity index is 3100. The molecular weight excluding hydrogens is 905 g/mol. The van der Waals surface area contributed by atoms with Gasteiger partial charge in [-0.15, -0.1) is 0 Å². The van der Waals surface area contributed by atoms with E-state index in [2.05, 4.69) is 88.9 Å². The summed E-state index contributed by atoms with van der Waals surface area (Å²) in [5.41, 5.74) is 6.28. The molecule has 5 aliphatic rings. The van der Waals surface area contributed by atoms with Gasteiger partial charge in [0, 0.05) is 98.5 Å². The van der Waals surface area contributed by atoms with Crippen LogP contribution in [0.2, 0.25) is 0 Å². The Morgan fingerprint density at radius 2 is 1.81 bits per heavy atom. The number of hydrogen-bond donors (Lipinski definition) is 5. The second-order valence-corrected chi connectivity index (χ2v) is 20.5. The van der Waals surface area contributed by atoms with E-state index in [-0.39, 0.29) is 65.3 Å². The zero-order chi connectivity index (χ0) is 50.1. The van der Waals surface area contributed by atoms with Gasteiger partial charge in [0.1, 0.15) is 29.2 Å². The van der Waals surface area contributed by atoms with E-state index in [9.17, 15) is 29.7 Å². The zero-order valence-corrected chi connectivity index (χ0v) is 41.3. The highest BCUT2D eigenvalue weighted by molar-refractivity contribution is 5.95. The molecule has 0 saturated heterocycles. The van der Waals surface area contributed by atoms with Crippen LogP contribution >= 0.6 is 0 Å². The van der Waals surface area contributed by atoms with Crippen LogP contribution < -0.4 is 15.0 Å². The molecule has 2 aromatic heterocycles. The average molecular weight is 969 g/mol. The standard InChI is InChI=1S/C60H64N4O8/c1-37-10-6-15-45-16-9-18-49-50-34-61-33-44(50)32-60(37,45)23-20-48(72-38(2)65)30-47(67)31-53(43-27-55(69)59(70)56(28-43)71-3)63-35-42-14-8-19-52(51(42)36-63)64(25-22-54(68)39-11-4-5-12-39)57-29-41(21-24-62-57)58(49)40-13-7-17-46(66)26-40/h6-8,10,13-15,17,19,21,26-29,33-37,39,48-49,53,58,61-62,66,69-70H,4-5,11-12,16,20,22-25,30-32H2,1-3H3. The highest BCUT2D eigenvalue weighted by Crippen LogP contribution is 2.51. The lowest BCUT2D eigenvalue weighted by atomic mass is 9.61. The van der Waals surface area contributed by atoms with Gasteiger partial charge in [-0.1, -0.05) is 85.7 Å². The summed E-state index contributed by atoms with van der Waals surface area (Å²) in [7, 11) is 1.41. The number of Topliss-reactive ketones (excluding diaryl/α,β-unsaturated/α-hetero) is 2. The number of aromatic nitrogens is 2. The highest BCUT2D eigenvalue weighted by Gasteiger charge is 2.43. The van der Waals surface area contributed by atoms with Crippen molar-refractivity contribution in [2.45, 2.75) is 108 Å². The lowest BCUT2D eigenvalue weighted by molar-refractivity contribution is -0.148. The Hall–Kier alpha value is -7.39. The lowest BCUT2D eigenvalue weighted by Gasteiger charge is -2.43. The fourth-order valence-electron chi connectivity index (χ4n) is 12.4. The molecule has 3 aromatic carbocycles. The van der Waals surface area contributed by atoms with E-state index >= 15 is 0 Å².